The maximum atomic E-state index is 13.0. The maximum Gasteiger partial charge on any atom is 0.365 e. The van der Waals surface area contributed by atoms with Crippen LogP contribution in [0.2, 0.25) is 0 Å². The minimum Gasteiger partial charge on any atom is -0.476 e. The third kappa shape index (κ3) is 2.35. The number of nitrogens with one attached hydrogen (secondary N) is 1. The van der Waals surface area contributed by atoms with E-state index in [0.717, 1.165) is 22.1 Å². The van der Waals surface area contributed by atoms with E-state index in [4.69, 9.17) is 5.11 Å². The molecule has 0 atom stereocenters. The third-order valence-electron chi connectivity index (χ3n) is 2.03. The van der Waals surface area contributed by atoms with Crippen LogP contribution in [-0.4, -0.2) is 25.6 Å². The fourth-order valence-corrected chi connectivity index (χ4v) is 1.90. The molecule has 2 aromatic heterocycles. The fraction of sp³-hybridized carbons (Fsp3) is 0.111. The molecule has 0 aliphatic rings. The minimum atomic E-state index is -1.17. The molecule has 2 aromatic rings. The van der Waals surface area contributed by atoms with Crippen molar-refractivity contribution in [3.8, 4) is 0 Å². The van der Waals surface area contributed by atoms with Crippen LogP contribution in [0.1, 0.15) is 15.5 Å². The molecule has 94 valence electrons. The van der Waals surface area contributed by atoms with Crippen LogP contribution >= 0.6 is 11.3 Å². The molecular formula is C9H6FN3O4S. The van der Waals surface area contributed by atoms with Crippen LogP contribution in [0.3, 0.4) is 0 Å². The van der Waals surface area contributed by atoms with Gasteiger partial charge in [0.2, 0.25) is 10.8 Å². The molecule has 18 heavy (non-hydrogen) atoms. The zero-order chi connectivity index (χ0) is 13.3. The van der Waals surface area contributed by atoms with Crippen LogP contribution in [0.4, 0.5) is 4.39 Å². The number of carbonyl (C=O) groups is 1. The molecule has 0 aliphatic heterocycles. The number of halogens is 1. The van der Waals surface area contributed by atoms with E-state index in [1.54, 1.807) is 4.98 Å². The first-order valence-electron chi connectivity index (χ1n) is 4.64. The van der Waals surface area contributed by atoms with E-state index < -0.39 is 23.0 Å². The molecule has 9 heteroatoms. The van der Waals surface area contributed by atoms with Gasteiger partial charge in [0.05, 0.1) is 18.4 Å². The van der Waals surface area contributed by atoms with Gasteiger partial charge in [-0.2, -0.15) is 4.39 Å². The Morgan fingerprint density at radius 1 is 1.56 bits per heavy atom. The smallest absolute Gasteiger partial charge is 0.365 e. The summed E-state index contributed by atoms with van der Waals surface area (Å²) in [6.45, 7) is -0.115. The monoisotopic (exact) mass is 271 g/mol. The zero-order valence-corrected chi connectivity index (χ0v) is 9.53. The second-order valence-corrected chi connectivity index (χ2v) is 4.17. The summed E-state index contributed by atoms with van der Waals surface area (Å²) >= 11 is 0.898. The number of thiazole rings is 1. The van der Waals surface area contributed by atoms with E-state index in [1.165, 1.54) is 5.38 Å². The Morgan fingerprint density at radius 2 is 2.28 bits per heavy atom. The van der Waals surface area contributed by atoms with Crippen LogP contribution < -0.4 is 11.2 Å². The first kappa shape index (κ1) is 12.2. The lowest BCUT2D eigenvalue weighted by Gasteiger charge is -2.01. The number of aromatic amines is 1. The van der Waals surface area contributed by atoms with Gasteiger partial charge in [0.15, 0.2) is 0 Å². The van der Waals surface area contributed by atoms with Crippen LogP contribution in [0.5, 0.6) is 0 Å². The van der Waals surface area contributed by atoms with Gasteiger partial charge in [0.1, 0.15) is 0 Å². The summed E-state index contributed by atoms with van der Waals surface area (Å²) in [7, 11) is 0. The van der Waals surface area contributed by atoms with Crippen LogP contribution in [-0.2, 0) is 6.54 Å². The third-order valence-corrected chi connectivity index (χ3v) is 2.91. The topological polar surface area (TPSA) is 105 Å². The van der Waals surface area contributed by atoms with E-state index in [2.05, 4.69) is 4.98 Å². The van der Waals surface area contributed by atoms with Gasteiger partial charge in [0.25, 0.3) is 5.56 Å². The van der Waals surface area contributed by atoms with Gasteiger partial charge in [-0.15, -0.1) is 11.3 Å². The van der Waals surface area contributed by atoms with Crippen LogP contribution in [0.15, 0.2) is 21.2 Å². The highest BCUT2D eigenvalue weighted by molar-refractivity contribution is 7.11. The average Bonchev–Trinajstić information content (AvgIpc) is 2.74. The van der Waals surface area contributed by atoms with E-state index >= 15 is 0 Å². The number of carboxylic acids is 1. The molecule has 7 nitrogen and oxygen atoms in total. The van der Waals surface area contributed by atoms with Gasteiger partial charge in [0, 0.05) is 5.38 Å². The molecule has 0 fully saturated rings. The van der Waals surface area contributed by atoms with Crippen LogP contribution in [0, 0.1) is 5.82 Å². The number of hydrogen-bond acceptors (Lipinski definition) is 5. The Morgan fingerprint density at radius 3 is 2.89 bits per heavy atom. The molecule has 0 radical (unpaired) electrons. The molecule has 0 spiro atoms. The molecule has 2 N–H and O–H groups in total. The Balaban J connectivity index is 2.34. The predicted molar refractivity (Wildman–Crippen MR) is 59.5 cm³/mol. The van der Waals surface area contributed by atoms with Crippen molar-refractivity contribution in [1.82, 2.24) is 14.5 Å². The predicted octanol–water partition coefficient (Wildman–Crippen LogP) is -0.121. The second kappa shape index (κ2) is 4.53. The summed E-state index contributed by atoms with van der Waals surface area (Å²) in [6, 6.07) is 0. The number of rotatable bonds is 3. The van der Waals surface area contributed by atoms with Crippen molar-refractivity contribution in [3.63, 3.8) is 0 Å². The summed E-state index contributed by atoms with van der Waals surface area (Å²) < 4.78 is 13.9. The number of aromatic carboxylic acids is 1. The molecule has 2 heterocycles. The number of hydrogen-bond donors (Lipinski definition) is 2. The van der Waals surface area contributed by atoms with Gasteiger partial charge >= 0.3 is 11.7 Å². The first-order valence-corrected chi connectivity index (χ1v) is 5.52. The highest BCUT2D eigenvalue weighted by atomic mass is 32.1. The van der Waals surface area contributed by atoms with Gasteiger partial charge in [-0.3, -0.25) is 14.3 Å². The molecule has 0 saturated heterocycles. The molecule has 0 amide bonds. The van der Waals surface area contributed by atoms with Crippen molar-refractivity contribution >= 4 is 17.3 Å². The quantitative estimate of drug-likeness (QED) is 0.809. The van der Waals surface area contributed by atoms with E-state index in [-0.39, 0.29) is 11.6 Å². The molecule has 2 rings (SSSR count). The molecule has 0 bridgehead atoms. The summed E-state index contributed by atoms with van der Waals surface area (Å²) in [5, 5.41) is 9.99. The minimum absolute atomic E-state index is 0.115. The summed E-state index contributed by atoms with van der Waals surface area (Å²) in [5.41, 5.74) is -1.59. The van der Waals surface area contributed by atoms with Gasteiger partial charge in [-0.25, -0.2) is 14.6 Å². The van der Waals surface area contributed by atoms with Crippen molar-refractivity contribution in [2.75, 3.05) is 0 Å². The zero-order valence-electron chi connectivity index (χ0n) is 8.71. The Labute approximate surface area is 102 Å². The number of H-pyrrole nitrogens is 1. The maximum absolute atomic E-state index is 13.0. The Hall–Kier alpha value is -2.29. The Bertz CT molecular complexity index is 717. The van der Waals surface area contributed by atoms with Crippen molar-refractivity contribution in [2.45, 2.75) is 6.54 Å². The SMILES string of the molecule is O=C(O)c1nc(Cn2cc(F)c(=O)[nH]c2=O)cs1. The van der Waals surface area contributed by atoms with Gasteiger partial charge in [-0.1, -0.05) is 0 Å². The van der Waals surface area contributed by atoms with Crippen molar-refractivity contribution < 1.29 is 14.3 Å². The number of carboxylic acid groups (broad SMARTS) is 1. The highest BCUT2D eigenvalue weighted by Crippen LogP contribution is 2.10. The van der Waals surface area contributed by atoms with Gasteiger partial charge < -0.3 is 5.11 Å². The van der Waals surface area contributed by atoms with E-state index in [0.29, 0.717) is 5.69 Å². The van der Waals surface area contributed by atoms with Crippen molar-refractivity contribution in [3.05, 3.63) is 48.9 Å². The fourth-order valence-electron chi connectivity index (χ4n) is 1.25. The lowest BCUT2D eigenvalue weighted by Crippen LogP contribution is -2.31. The number of nitrogens with zero attached hydrogens (tertiary/aromatic N) is 2. The molecule has 0 aromatic carbocycles. The standard InChI is InChI=1S/C9H6FN3O4S/c10-5-2-13(9(17)12-6(5)14)1-4-3-18-7(11-4)8(15)16/h2-3H,1H2,(H,15,16)(H,12,14,17). The molecule has 0 saturated carbocycles. The van der Waals surface area contributed by atoms with Crippen molar-refractivity contribution in [1.29, 1.82) is 0 Å². The lowest BCUT2D eigenvalue weighted by atomic mass is 10.4. The average molecular weight is 271 g/mol. The highest BCUT2D eigenvalue weighted by Gasteiger charge is 2.10. The number of aromatic nitrogens is 3. The van der Waals surface area contributed by atoms with E-state index in [9.17, 15) is 18.8 Å². The molecular weight excluding hydrogens is 265 g/mol. The van der Waals surface area contributed by atoms with Gasteiger partial charge in [-0.05, 0) is 0 Å². The van der Waals surface area contributed by atoms with Crippen LogP contribution in [0.25, 0.3) is 0 Å². The molecule has 0 aliphatic carbocycles. The molecule has 0 unspecified atom stereocenters. The Kier molecular flexibility index (Phi) is 3.06. The summed E-state index contributed by atoms with van der Waals surface area (Å²) in [4.78, 5) is 38.3. The largest absolute Gasteiger partial charge is 0.476 e. The normalized spacial score (nSPS) is 10.5. The second-order valence-electron chi connectivity index (χ2n) is 3.31. The summed E-state index contributed by atoms with van der Waals surface area (Å²) in [5.74, 6) is -2.27. The lowest BCUT2D eigenvalue weighted by molar-refractivity contribution is 0.0696. The van der Waals surface area contributed by atoms with Crippen molar-refractivity contribution in [2.24, 2.45) is 0 Å². The first-order chi connectivity index (χ1) is 8.47. The van der Waals surface area contributed by atoms with E-state index in [1.807, 2.05) is 0 Å². The summed E-state index contributed by atoms with van der Waals surface area (Å²) in [6.07, 6.45) is 0.751.